The van der Waals surface area contributed by atoms with E-state index in [9.17, 15) is 5.11 Å². The first-order chi connectivity index (χ1) is 11.2. The molecule has 1 unspecified atom stereocenters. The number of methoxy groups -OCH3 is 1. The molecule has 1 N–H and O–H groups in total. The molecule has 0 aliphatic carbocycles. The molecule has 120 valence electrons. The molecule has 5 nitrogen and oxygen atoms in total. The van der Waals surface area contributed by atoms with Gasteiger partial charge < -0.3 is 24.1 Å². The molecule has 23 heavy (non-hydrogen) atoms. The second-order valence-corrected chi connectivity index (χ2v) is 5.86. The Morgan fingerprint density at radius 1 is 1.04 bits per heavy atom. The number of ether oxygens (including phenoxy) is 4. The highest BCUT2D eigenvalue weighted by molar-refractivity contribution is 5.56. The average molecular weight is 314 g/mol. The Morgan fingerprint density at radius 3 is 2.43 bits per heavy atom. The van der Waals surface area contributed by atoms with Gasteiger partial charge in [-0.25, -0.2) is 0 Å². The third-order valence-electron chi connectivity index (χ3n) is 4.54. The first kappa shape index (κ1) is 14.2. The molecule has 0 saturated carbocycles. The Kier molecular flexibility index (Phi) is 3.31. The molecule has 2 aromatic carbocycles. The molecular weight excluding hydrogens is 296 g/mol. The molecule has 0 saturated heterocycles. The summed E-state index contributed by atoms with van der Waals surface area (Å²) in [6.07, 6.45) is -0.866. The molecule has 0 bridgehead atoms. The predicted molar refractivity (Wildman–Crippen MR) is 83.2 cm³/mol. The van der Waals surface area contributed by atoms with Crippen molar-refractivity contribution in [3.8, 4) is 23.0 Å². The Balaban J connectivity index is 1.82. The minimum atomic E-state index is -0.866. The van der Waals surface area contributed by atoms with Crippen LogP contribution in [0.4, 0.5) is 0 Å². The van der Waals surface area contributed by atoms with Crippen molar-refractivity contribution in [3.63, 3.8) is 0 Å². The van der Waals surface area contributed by atoms with Crippen molar-refractivity contribution in [2.24, 2.45) is 5.92 Å². The minimum Gasteiger partial charge on any atom is -0.497 e. The number of rotatable bonds is 2. The number of fused-ring (bicyclic) bond motifs is 2. The third kappa shape index (κ3) is 2.28. The van der Waals surface area contributed by atoms with Crippen molar-refractivity contribution in [1.82, 2.24) is 0 Å². The minimum absolute atomic E-state index is 0.00848. The van der Waals surface area contributed by atoms with Crippen LogP contribution >= 0.6 is 0 Å². The molecular formula is C18H18O5. The van der Waals surface area contributed by atoms with E-state index in [4.69, 9.17) is 18.9 Å². The Bertz CT molecular complexity index is 725. The molecule has 4 rings (SSSR count). The SMILES string of the molecule is COc1ccc([C@@H]2c3cc4c(cc3OC(O)[C@H]2C)OCO4)cc1. The molecule has 0 radical (unpaired) electrons. The highest BCUT2D eigenvalue weighted by atomic mass is 16.7. The largest absolute Gasteiger partial charge is 0.497 e. The lowest BCUT2D eigenvalue weighted by Crippen LogP contribution is -2.34. The molecule has 3 atom stereocenters. The summed E-state index contributed by atoms with van der Waals surface area (Å²) in [4.78, 5) is 0. The lowest BCUT2D eigenvalue weighted by atomic mass is 9.79. The van der Waals surface area contributed by atoms with Crippen molar-refractivity contribution < 1.29 is 24.1 Å². The molecule has 0 fully saturated rings. The van der Waals surface area contributed by atoms with E-state index in [0.717, 1.165) is 22.6 Å². The summed E-state index contributed by atoms with van der Waals surface area (Å²) in [6.45, 7) is 2.19. The Morgan fingerprint density at radius 2 is 1.74 bits per heavy atom. The maximum atomic E-state index is 10.3. The van der Waals surface area contributed by atoms with Gasteiger partial charge in [0.2, 0.25) is 13.1 Å². The zero-order chi connectivity index (χ0) is 16.0. The van der Waals surface area contributed by atoms with Gasteiger partial charge in [-0.3, -0.25) is 0 Å². The van der Waals surface area contributed by atoms with Crippen LogP contribution in [0.15, 0.2) is 36.4 Å². The lowest BCUT2D eigenvalue weighted by Gasteiger charge is -2.35. The smallest absolute Gasteiger partial charge is 0.231 e. The predicted octanol–water partition coefficient (Wildman–Crippen LogP) is 2.90. The number of benzene rings is 2. The fourth-order valence-corrected chi connectivity index (χ4v) is 3.26. The van der Waals surface area contributed by atoms with E-state index in [2.05, 4.69) is 0 Å². The van der Waals surface area contributed by atoms with Gasteiger partial charge in [0, 0.05) is 23.5 Å². The number of aliphatic hydroxyl groups is 1. The topological polar surface area (TPSA) is 57.2 Å². The van der Waals surface area contributed by atoms with Crippen LogP contribution in [0, 0.1) is 5.92 Å². The fourth-order valence-electron chi connectivity index (χ4n) is 3.26. The second-order valence-electron chi connectivity index (χ2n) is 5.86. The average Bonchev–Trinajstić information content (AvgIpc) is 3.02. The van der Waals surface area contributed by atoms with Crippen molar-refractivity contribution >= 4 is 0 Å². The fraction of sp³-hybridized carbons (Fsp3) is 0.333. The van der Waals surface area contributed by atoms with Gasteiger partial charge in [-0.15, -0.1) is 0 Å². The highest BCUT2D eigenvalue weighted by Gasteiger charge is 2.37. The molecule has 5 heteroatoms. The van der Waals surface area contributed by atoms with Gasteiger partial charge in [0.05, 0.1) is 7.11 Å². The van der Waals surface area contributed by atoms with Crippen LogP contribution in [0.25, 0.3) is 0 Å². The summed E-state index contributed by atoms with van der Waals surface area (Å²) in [5.74, 6) is 2.74. The molecule has 2 aromatic rings. The molecule has 2 aliphatic heterocycles. The van der Waals surface area contributed by atoms with Crippen LogP contribution in [-0.4, -0.2) is 25.3 Å². The zero-order valence-electron chi connectivity index (χ0n) is 13.0. The lowest BCUT2D eigenvalue weighted by molar-refractivity contribution is -0.0729. The monoisotopic (exact) mass is 314 g/mol. The van der Waals surface area contributed by atoms with Crippen LogP contribution in [0.1, 0.15) is 24.0 Å². The molecule has 2 heterocycles. The summed E-state index contributed by atoms with van der Waals surface area (Å²) < 4.78 is 21.8. The van der Waals surface area contributed by atoms with E-state index in [1.54, 1.807) is 13.2 Å². The Hall–Kier alpha value is -2.40. The maximum absolute atomic E-state index is 10.3. The standard InChI is InChI=1S/C18H18O5/c1-10-17(11-3-5-12(20-2)6-4-11)13-7-15-16(22-9-21-15)8-14(13)23-18(10)19/h3-8,10,17-19H,9H2,1-2H3/t10-,17+,18?/m0/s1. The van der Waals surface area contributed by atoms with Gasteiger partial charge in [-0.2, -0.15) is 0 Å². The van der Waals surface area contributed by atoms with Crippen LogP contribution in [0.5, 0.6) is 23.0 Å². The van der Waals surface area contributed by atoms with Crippen LogP contribution in [-0.2, 0) is 0 Å². The van der Waals surface area contributed by atoms with Gasteiger partial charge in [-0.05, 0) is 23.8 Å². The summed E-state index contributed by atoms with van der Waals surface area (Å²) >= 11 is 0. The van der Waals surface area contributed by atoms with E-state index in [0.29, 0.717) is 11.5 Å². The van der Waals surface area contributed by atoms with Gasteiger partial charge in [0.1, 0.15) is 11.5 Å². The summed E-state index contributed by atoms with van der Waals surface area (Å²) in [5, 5.41) is 10.3. The second kappa shape index (κ2) is 5.35. The van der Waals surface area contributed by atoms with Crippen molar-refractivity contribution in [1.29, 1.82) is 0 Å². The molecule has 2 aliphatic rings. The van der Waals surface area contributed by atoms with Crippen LogP contribution < -0.4 is 18.9 Å². The van der Waals surface area contributed by atoms with E-state index in [1.165, 1.54) is 0 Å². The first-order valence-corrected chi connectivity index (χ1v) is 7.59. The van der Waals surface area contributed by atoms with E-state index in [-0.39, 0.29) is 18.6 Å². The number of hydrogen-bond acceptors (Lipinski definition) is 5. The molecule has 0 spiro atoms. The Labute approximate surface area is 134 Å². The summed E-state index contributed by atoms with van der Waals surface area (Å²) in [7, 11) is 1.64. The van der Waals surface area contributed by atoms with Crippen LogP contribution in [0.2, 0.25) is 0 Å². The van der Waals surface area contributed by atoms with Gasteiger partial charge >= 0.3 is 0 Å². The van der Waals surface area contributed by atoms with Crippen molar-refractivity contribution in [2.45, 2.75) is 19.1 Å². The molecule has 0 amide bonds. The van der Waals surface area contributed by atoms with E-state index >= 15 is 0 Å². The molecule has 0 aromatic heterocycles. The quantitative estimate of drug-likeness (QED) is 0.923. The van der Waals surface area contributed by atoms with Crippen molar-refractivity contribution in [2.75, 3.05) is 13.9 Å². The number of hydrogen-bond donors (Lipinski definition) is 1. The van der Waals surface area contributed by atoms with Gasteiger partial charge in [-0.1, -0.05) is 19.1 Å². The normalized spacial score (nSPS) is 24.7. The summed E-state index contributed by atoms with van der Waals surface area (Å²) in [5.41, 5.74) is 2.10. The van der Waals surface area contributed by atoms with E-state index in [1.807, 2.05) is 37.3 Å². The van der Waals surface area contributed by atoms with E-state index < -0.39 is 6.29 Å². The van der Waals surface area contributed by atoms with Gasteiger partial charge in [0.15, 0.2) is 11.5 Å². The number of aliphatic hydroxyl groups excluding tert-OH is 1. The zero-order valence-corrected chi connectivity index (χ0v) is 13.0. The first-order valence-electron chi connectivity index (χ1n) is 7.59. The summed E-state index contributed by atoms with van der Waals surface area (Å²) in [6, 6.07) is 11.6. The maximum Gasteiger partial charge on any atom is 0.231 e. The van der Waals surface area contributed by atoms with Crippen molar-refractivity contribution in [3.05, 3.63) is 47.5 Å². The van der Waals surface area contributed by atoms with Gasteiger partial charge in [0.25, 0.3) is 0 Å². The van der Waals surface area contributed by atoms with Crippen LogP contribution in [0.3, 0.4) is 0 Å². The third-order valence-corrected chi connectivity index (χ3v) is 4.54. The highest BCUT2D eigenvalue weighted by Crippen LogP contribution is 2.48.